The molecule has 0 amide bonds. The number of ether oxygens (including phenoxy) is 6. The Labute approximate surface area is 439 Å². The number of hydrogen-bond donors (Lipinski definition) is 7. The van der Waals surface area contributed by atoms with E-state index in [1.165, 1.54) is 70.6 Å². The number of hydrogen-bond acceptors (Lipinski definition) is 14. The van der Waals surface area contributed by atoms with Crippen LogP contribution in [0, 0.1) is 0 Å². The summed E-state index contributed by atoms with van der Waals surface area (Å²) in [7, 11) is 0. The molecule has 14 heteroatoms. The Bertz CT molecular complexity index is 1530. The van der Waals surface area contributed by atoms with Gasteiger partial charge >= 0.3 is 5.97 Å². The van der Waals surface area contributed by atoms with Crippen molar-refractivity contribution in [1.29, 1.82) is 0 Å². The van der Waals surface area contributed by atoms with Crippen LogP contribution in [0.3, 0.4) is 0 Å². The van der Waals surface area contributed by atoms with Gasteiger partial charge in [-0.1, -0.05) is 170 Å². The maximum absolute atomic E-state index is 13.1. The molecule has 11 unspecified atom stereocenters. The van der Waals surface area contributed by atoms with Crippen molar-refractivity contribution in [2.45, 2.75) is 248 Å². The zero-order valence-corrected chi connectivity index (χ0v) is 44.8. The van der Waals surface area contributed by atoms with Crippen LogP contribution < -0.4 is 0 Å². The quantitative estimate of drug-likeness (QED) is 0.0172. The summed E-state index contributed by atoms with van der Waals surface area (Å²) in [4.78, 5) is 13.1. The van der Waals surface area contributed by atoms with Gasteiger partial charge in [0.15, 0.2) is 12.6 Å². The van der Waals surface area contributed by atoms with E-state index < -0.39 is 86.7 Å². The predicted molar refractivity (Wildman–Crippen MR) is 288 cm³/mol. The van der Waals surface area contributed by atoms with Crippen LogP contribution in [0.25, 0.3) is 0 Å². The summed E-state index contributed by atoms with van der Waals surface area (Å²) >= 11 is 0. The van der Waals surface area contributed by atoms with E-state index in [-0.39, 0.29) is 19.6 Å². The molecule has 11 atom stereocenters. The summed E-state index contributed by atoms with van der Waals surface area (Å²) in [5.74, 6) is -0.398. The average molecular weight is 1030 g/mol. The van der Waals surface area contributed by atoms with Crippen LogP contribution in [-0.4, -0.2) is 142 Å². The summed E-state index contributed by atoms with van der Waals surface area (Å²) in [5.41, 5.74) is 0. The molecule has 2 heterocycles. The van der Waals surface area contributed by atoms with Crippen LogP contribution in [0.2, 0.25) is 0 Å². The summed E-state index contributed by atoms with van der Waals surface area (Å²) in [6.45, 7) is 3.44. The lowest BCUT2D eigenvalue weighted by molar-refractivity contribution is -0.332. The highest BCUT2D eigenvalue weighted by Crippen LogP contribution is 2.26. The minimum Gasteiger partial charge on any atom is -0.457 e. The molecule has 2 aliphatic rings. The van der Waals surface area contributed by atoms with Crippen molar-refractivity contribution in [2.75, 3.05) is 33.0 Å². The smallest absolute Gasteiger partial charge is 0.306 e. The summed E-state index contributed by atoms with van der Waals surface area (Å²) in [6, 6.07) is 0. The number of carbonyl (C=O) groups is 1. The van der Waals surface area contributed by atoms with E-state index in [1.807, 2.05) is 0 Å². The van der Waals surface area contributed by atoms with Crippen molar-refractivity contribution >= 4 is 5.97 Å². The van der Waals surface area contributed by atoms with E-state index in [0.717, 1.165) is 83.5 Å². The summed E-state index contributed by atoms with van der Waals surface area (Å²) in [5, 5.41) is 72.3. The van der Waals surface area contributed by atoms with Crippen LogP contribution in [0.1, 0.15) is 181 Å². The Hall–Kier alpha value is -2.83. The Morgan fingerprint density at radius 2 is 0.890 bits per heavy atom. The van der Waals surface area contributed by atoms with Crippen molar-refractivity contribution in [3.8, 4) is 0 Å². The molecule has 7 N–H and O–H groups in total. The maximum Gasteiger partial charge on any atom is 0.306 e. The van der Waals surface area contributed by atoms with Gasteiger partial charge in [-0.2, -0.15) is 0 Å². The van der Waals surface area contributed by atoms with E-state index in [2.05, 4.69) is 98.9 Å². The first-order chi connectivity index (χ1) is 35.6. The fourth-order valence-electron chi connectivity index (χ4n) is 8.34. The molecule has 420 valence electrons. The molecule has 2 fully saturated rings. The topological polar surface area (TPSA) is 214 Å². The predicted octanol–water partition coefficient (Wildman–Crippen LogP) is 9.63. The van der Waals surface area contributed by atoms with Crippen molar-refractivity contribution in [3.05, 3.63) is 85.1 Å². The number of unbranched alkanes of at least 4 members (excludes halogenated alkanes) is 16. The van der Waals surface area contributed by atoms with Gasteiger partial charge in [0.2, 0.25) is 0 Å². The zero-order valence-electron chi connectivity index (χ0n) is 44.8. The van der Waals surface area contributed by atoms with Gasteiger partial charge in [-0.05, 0) is 89.9 Å². The molecule has 0 saturated carbocycles. The van der Waals surface area contributed by atoms with Crippen LogP contribution in [0.15, 0.2) is 85.1 Å². The first kappa shape index (κ1) is 66.3. The lowest BCUT2D eigenvalue weighted by atomic mass is 9.98. The molecule has 0 aromatic heterocycles. The second kappa shape index (κ2) is 45.4. The minimum absolute atomic E-state index is 0.0258. The second-order valence-electron chi connectivity index (χ2n) is 19.4. The van der Waals surface area contributed by atoms with Crippen LogP contribution in [-0.2, 0) is 33.2 Å². The monoisotopic (exact) mass is 1030 g/mol. The third-order valence-corrected chi connectivity index (χ3v) is 12.9. The molecule has 0 aliphatic carbocycles. The molecule has 2 rings (SSSR count). The van der Waals surface area contributed by atoms with Gasteiger partial charge in [0.05, 0.1) is 26.4 Å². The van der Waals surface area contributed by atoms with Gasteiger partial charge in [-0.25, -0.2) is 0 Å². The van der Waals surface area contributed by atoms with Gasteiger partial charge < -0.3 is 64.2 Å². The SMILES string of the molecule is CC/C=C\C/C=C\C/C=C\C/C=C\C/C=C\CCCCOCC(COC1OC(COC2OC(CO)C(O)C(O)C2O)C(O)C(O)C1O)OC(=O)CCCCCCCCCCC/C=C\C/C=C\CCCCCCC. The number of esters is 1. The van der Waals surface area contributed by atoms with Crippen LogP contribution >= 0.6 is 0 Å². The van der Waals surface area contributed by atoms with Gasteiger partial charge in [-0.3, -0.25) is 4.79 Å². The molecular weight excluding hydrogens is 933 g/mol. The lowest BCUT2D eigenvalue weighted by Crippen LogP contribution is -2.61. The van der Waals surface area contributed by atoms with Crippen LogP contribution in [0.4, 0.5) is 0 Å². The normalized spacial score (nSPS) is 25.6. The molecule has 0 aromatic carbocycles. The summed E-state index contributed by atoms with van der Waals surface area (Å²) in [6.07, 6.45) is 42.2. The van der Waals surface area contributed by atoms with E-state index >= 15 is 0 Å². The molecule has 2 aliphatic heterocycles. The molecule has 2 saturated heterocycles. The standard InChI is InChI=1S/C59H100O14/c1-3-5-7-9-11-13-15-17-19-21-23-24-25-26-28-30-32-34-36-38-40-42-51(61)71-48(45-68-43-41-39-37-35-33-31-29-27-22-20-18-16-14-12-10-8-6-4-2)46-69-58-57(67)55(65)53(63)50(73-58)47-70-59-56(66)54(64)52(62)49(44-60)72-59/h6,8,12,14-15,17-18,20-21,23,27,29,33,35,48-50,52-60,62-67H,3-5,7,9-11,13,16,19,22,24-26,28,30-32,34,36-47H2,1-2H3/b8-6-,14-12-,17-15-,20-18-,23-21-,29-27-,35-33-. The molecule has 0 bridgehead atoms. The van der Waals surface area contributed by atoms with Gasteiger partial charge in [0.25, 0.3) is 0 Å². The maximum atomic E-state index is 13.1. The second-order valence-corrected chi connectivity index (χ2v) is 19.4. The Balaban J connectivity index is 1.76. The van der Waals surface area contributed by atoms with Crippen molar-refractivity contribution in [2.24, 2.45) is 0 Å². The third kappa shape index (κ3) is 32.4. The Kier molecular flexibility index (Phi) is 41.2. The number of aliphatic hydroxyl groups excluding tert-OH is 7. The number of carbonyl (C=O) groups excluding carboxylic acids is 1. The van der Waals surface area contributed by atoms with Gasteiger partial charge in [0.1, 0.15) is 54.9 Å². The van der Waals surface area contributed by atoms with Crippen molar-refractivity contribution in [1.82, 2.24) is 0 Å². The van der Waals surface area contributed by atoms with Gasteiger partial charge in [-0.15, -0.1) is 0 Å². The van der Waals surface area contributed by atoms with Crippen molar-refractivity contribution in [3.63, 3.8) is 0 Å². The van der Waals surface area contributed by atoms with Crippen LogP contribution in [0.5, 0.6) is 0 Å². The highest BCUT2D eigenvalue weighted by molar-refractivity contribution is 5.69. The molecule has 14 nitrogen and oxygen atoms in total. The highest BCUT2D eigenvalue weighted by atomic mass is 16.7. The molecule has 73 heavy (non-hydrogen) atoms. The fourth-order valence-corrected chi connectivity index (χ4v) is 8.34. The fraction of sp³-hybridized carbons (Fsp3) is 0.746. The van der Waals surface area contributed by atoms with E-state index in [4.69, 9.17) is 28.4 Å². The molecule has 0 aromatic rings. The van der Waals surface area contributed by atoms with E-state index in [0.29, 0.717) is 13.0 Å². The molecular formula is C59H100O14. The first-order valence-corrected chi connectivity index (χ1v) is 28.2. The average Bonchev–Trinajstić information content (AvgIpc) is 3.39. The molecule has 0 spiro atoms. The first-order valence-electron chi connectivity index (χ1n) is 28.2. The highest BCUT2D eigenvalue weighted by Gasteiger charge is 2.47. The third-order valence-electron chi connectivity index (χ3n) is 12.9. The number of rotatable bonds is 44. The Morgan fingerprint density at radius 1 is 0.466 bits per heavy atom. The Morgan fingerprint density at radius 3 is 1.40 bits per heavy atom. The van der Waals surface area contributed by atoms with E-state index in [1.54, 1.807) is 0 Å². The van der Waals surface area contributed by atoms with Gasteiger partial charge in [0, 0.05) is 13.0 Å². The lowest BCUT2D eigenvalue weighted by Gasteiger charge is -2.42. The summed E-state index contributed by atoms with van der Waals surface area (Å²) < 4.78 is 34.3. The largest absolute Gasteiger partial charge is 0.457 e. The minimum atomic E-state index is -1.72. The number of allylic oxidation sites excluding steroid dienone is 14. The zero-order chi connectivity index (χ0) is 53.0. The molecule has 0 radical (unpaired) electrons. The van der Waals surface area contributed by atoms with E-state index in [9.17, 15) is 40.5 Å². The van der Waals surface area contributed by atoms with Crippen molar-refractivity contribution < 1.29 is 69.0 Å². The number of aliphatic hydroxyl groups is 7.